The predicted molar refractivity (Wildman–Crippen MR) is 138 cm³/mol. The van der Waals surface area contributed by atoms with E-state index in [1.54, 1.807) is 7.11 Å². The molecular formula is C30H37NO4. The number of aliphatic imine (C=N–C) groups is 1. The zero-order chi connectivity index (χ0) is 23.8. The first-order valence-corrected chi connectivity index (χ1v) is 13.6. The minimum Gasteiger partial charge on any atom is -0.493 e. The molecule has 1 aliphatic heterocycles. The summed E-state index contributed by atoms with van der Waals surface area (Å²) in [6.07, 6.45) is 9.90. The molecule has 0 radical (unpaired) electrons. The maximum atomic E-state index is 6.31. The van der Waals surface area contributed by atoms with Crippen LogP contribution in [0, 0.1) is 11.8 Å². The van der Waals surface area contributed by atoms with Gasteiger partial charge in [-0.15, -0.1) is 0 Å². The molecule has 1 heterocycles. The van der Waals surface area contributed by atoms with E-state index in [9.17, 15) is 0 Å². The van der Waals surface area contributed by atoms with Crippen molar-refractivity contribution in [2.75, 3.05) is 26.9 Å². The molecule has 3 saturated carbocycles. The summed E-state index contributed by atoms with van der Waals surface area (Å²) >= 11 is 0. The van der Waals surface area contributed by atoms with Gasteiger partial charge in [0.05, 0.1) is 38.7 Å². The molecule has 0 spiro atoms. The topological polar surface area (TPSA) is 49.3 Å². The molecular weight excluding hydrogens is 438 g/mol. The van der Waals surface area contributed by atoms with Crippen molar-refractivity contribution in [3.05, 3.63) is 47.0 Å². The smallest absolute Gasteiger partial charge is 0.161 e. The van der Waals surface area contributed by atoms with Crippen molar-refractivity contribution in [2.45, 2.75) is 70.3 Å². The largest absolute Gasteiger partial charge is 0.493 e. The molecule has 2 aromatic rings. The van der Waals surface area contributed by atoms with Crippen LogP contribution >= 0.6 is 0 Å². The molecule has 0 saturated heterocycles. The van der Waals surface area contributed by atoms with E-state index < -0.39 is 0 Å². The molecule has 2 unspecified atom stereocenters. The minimum atomic E-state index is 0.316. The summed E-state index contributed by atoms with van der Waals surface area (Å²) in [5, 5.41) is 0. The van der Waals surface area contributed by atoms with Crippen molar-refractivity contribution < 1.29 is 18.9 Å². The first-order chi connectivity index (χ1) is 17.2. The molecule has 0 aromatic heterocycles. The number of ether oxygens (including phenoxy) is 4. The third-order valence-corrected chi connectivity index (χ3v) is 7.87. The highest BCUT2D eigenvalue weighted by atomic mass is 16.5. The summed E-state index contributed by atoms with van der Waals surface area (Å²) in [6.45, 7) is 4.19. The average Bonchev–Trinajstić information content (AvgIpc) is 3.81. The lowest BCUT2D eigenvalue weighted by Crippen LogP contribution is -2.29. The lowest BCUT2D eigenvalue weighted by atomic mass is 9.75. The van der Waals surface area contributed by atoms with E-state index in [0.717, 1.165) is 59.5 Å². The van der Waals surface area contributed by atoms with Gasteiger partial charge in [0.25, 0.3) is 0 Å². The van der Waals surface area contributed by atoms with Crippen molar-refractivity contribution in [3.8, 4) is 23.0 Å². The standard InChI is InChI=1S/C30H37NO4/c1-3-33-29-15-23-22-6-4-5-7-25(22)31-30(24(23)16-27(29)32-2)21-12-13-26(34-17-19-8-9-19)28(14-21)35-18-20-10-11-20/h12-16,19-20,22,25H,3-11,17-18H2,1-2H3. The first-order valence-electron chi connectivity index (χ1n) is 13.6. The van der Waals surface area contributed by atoms with Gasteiger partial charge in [-0.2, -0.15) is 0 Å². The Morgan fingerprint density at radius 2 is 1.49 bits per heavy atom. The van der Waals surface area contributed by atoms with Crippen LogP contribution in [0.25, 0.3) is 0 Å². The Morgan fingerprint density at radius 1 is 0.771 bits per heavy atom. The second-order valence-corrected chi connectivity index (χ2v) is 10.6. The fourth-order valence-corrected chi connectivity index (χ4v) is 5.48. The number of methoxy groups -OCH3 is 1. The van der Waals surface area contributed by atoms with E-state index >= 15 is 0 Å². The summed E-state index contributed by atoms with van der Waals surface area (Å²) in [5.41, 5.74) is 4.63. The fourth-order valence-electron chi connectivity index (χ4n) is 5.48. The molecule has 6 rings (SSSR count). The third kappa shape index (κ3) is 4.87. The van der Waals surface area contributed by atoms with Gasteiger partial charge in [0.15, 0.2) is 23.0 Å². The van der Waals surface area contributed by atoms with E-state index in [4.69, 9.17) is 23.9 Å². The predicted octanol–water partition coefficient (Wildman–Crippen LogP) is 6.55. The van der Waals surface area contributed by atoms with Crippen LogP contribution in [0.1, 0.15) is 80.9 Å². The number of hydrogen-bond donors (Lipinski definition) is 0. The Labute approximate surface area is 208 Å². The van der Waals surface area contributed by atoms with Crippen LogP contribution in [0.5, 0.6) is 23.0 Å². The van der Waals surface area contributed by atoms with E-state index in [1.165, 1.54) is 50.5 Å². The maximum Gasteiger partial charge on any atom is 0.161 e. The van der Waals surface area contributed by atoms with Crippen molar-refractivity contribution >= 4 is 5.71 Å². The molecule has 5 heteroatoms. The van der Waals surface area contributed by atoms with Crippen LogP contribution in [0.15, 0.2) is 35.3 Å². The molecule has 0 N–H and O–H groups in total. The molecule has 5 nitrogen and oxygen atoms in total. The SMILES string of the molecule is CCOc1cc2c(cc1OC)C(c1ccc(OCC3CC3)c(OCC3CC3)c1)=NC1CCCCC21. The third-order valence-electron chi connectivity index (χ3n) is 7.87. The number of fused-ring (bicyclic) bond motifs is 3. The van der Waals surface area contributed by atoms with E-state index in [1.807, 2.05) is 6.92 Å². The van der Waals surface area contributed by atoms with Gasteiger partial charge < -0.3 is 18.9 Å². The molecule has 4 aliphatic rings. The van der Waals surface area contributed by atoms with Crippen molar-refractivity contribution in [1.29, 1.82) is 0 Å². The highest BCUT2D eigenvalue weighted by Gasteiger charge is 2.35. The number of benzene rings is 2. The monoisotopic (exact) mass is 475 g/mol. The first kappa shape index (κ1) is 22.8. The Hall–Kier alpha value is -2.69. The average molecular weight is 476 g/mol. The Bertz CT molecular complexity index is 1100. The summed E-state index contributed by atoms with van der Waals surface area (Å²) in [7, 11) is 1.71. The van der Waals surface area contributed by atoms with Crippen LogP contribution in [-0.4, -0.2) is 38.7 Å². The molecule has 2 atom stereocenters. The van der Waals surface area contributed by atoms with Gasteiger partial charge in [-0.05, 0) is 93.2 Å². The second kappa shape index (κ2) is 9.75. The molecule has 3 fully saturated rings. The lowest BCUT2D eigenvalue weighted by molar-refractivity contribution is 0.253. The van der Waals surface area contributed by atoms with Crippen LogP contribution in [0.4, 0.5) is 0 Å². The van der Waals surface area contributed by atoms with E-state index in [-0.39, 0.29) is 0 Å². The lowest BCUT2D eigenvalue weighted by Gasteiger charge is -2.36. The van der Waals surface area contributed by atoms with Gasteiger partial charge in [0.2, 0.25) is 0 Å². The molecule has 0 amide bonds. The summed E-state index contributed by atoms with van der Waals surface area (Å²) in [5.74, 6) is 5.14. The molecule has 35 heavy (non-hydrogen) atoms. The molecule has 2 aromatic carbocycles. The van der Waals surface area contributed by atoms with Crippen molar-refractivity contribution in [1.82, 2.24) is 0 Å². The van der Waals surface area contributed by atoms with Crippen molar-refractivity contribution in [3.63, 3.8) is 0 Å². The molecule has 0 bridgehead atoms. The van der Waals surface area contributed by atoms with Crippen molar-refractivity contribution in [2.24, 2.45) is 16.8 Å². The Kier molecular flexibility index (Phi) is 6.34. The zero-order valence-corrected chi connectivity index (χ0v) is 21.1. The summed E-state index contributed by atoms with van der Waals surface area (Å²) in [6, 6.07) is 11.1. The van der Waals surface area contributed by atoms with E-state index in [0.29, 0.717) is 30.4 Å². The number of rotatable bonds is 10. The van der Waals surface area contributed by atoms with Crippen LogP contribution in [0.2, 0.25) is 0 Å². The highest BCUT2D eigenvalue weighted by Crippen LogP contribution is 2.45. The van der Waals surface area contributed by atoms with Gasteiger partial charge in [0.1, 0.15) is 0 Å². The quantitative estimate of drug-likeness (QED) is 0.391. The second-order valence-electron chi connectivity index (χ2n) is 10.6. The van der Waals surface area contributed by atoms with Gasteiger partial charge in [-0.1, -0.05) is 12.8 Å². The van der Waals surface area contributed by atoms with Crippen LogP contribution in [0.3, 0.4) is 0 Å². The minimum absolute atomic E-state index is 0.316. The van der Waals surface area contributed by atoms with Gasteiger partial charge in [-0.25, -0.2) is 0 Å². The van der Waals surface area contributed by atoms with Crippen LogP contribution < -0.4 is 18.9 Å². The Balaban J connectivity index is 1.39. The Morgan fingerprint density at radius 3 is 2.20 bits per heavy atom. The summed E-state index contributed by atoms with van der Waals surface area (Å²) < 4.78 is 24.2. The zero-order valence-electron chi connectivity index (χ0n) is 21.1. The van der Waals surface area contributed by atoms with Crippen LogP contribution in [-0.2, 0) is 0 Å². The fraction of sp³-hybridized carbons (Fsp3) is 0.567. The number of nitrogens with zero attached hydrogens (tertiary/aromatic N) is 1. The van der Waals surface area contributed by atoms with Gasteiger partial charge >= 0.3 is 0 Å². The number of hydrogen-bond acceptors (Lipinski definition) is 5. The van der Waals surface area contributed by atoms with Gasteiger partial charge in [-0.3, -0.25) is 4.99 Å². The summed E-state index contributed by atoms with van der Waals surface area (Å²) in [4.78, 5) is 5.35. The van der Waals surface area contributed by atoms with Gasteiger partial charge in [0, 0.05) is 17.0 Å². The molecule has 3 aliphatic carbocycles. The maximum absolute atomic E-state index is 6.31. The highest BCUT2D eigenvalue weighted by molar-refractivity contribution is 6.15. The molecule has 186 valence electrons. The normalized spacial score (nSPS) is 23.1. The van der Waals surface area contributed by atoms with E-state index in [2.05, 4.69) is 30.3 Å².